The van der Waals surface area contributed by atoms with Crippen molar-refractivity contribution in [2.45, 2.75) is 32.7 Å². The maximum atomic E-state index is 12.7. The minimum Gasteiger partial charge on any atom is -0.315 e. The Kier molecular flexibility index (Phi) is 6.02. The molecule has 5 nitrogen and oxygen atoms in total. The summed E-state index contributed by atoms with van der Waals surface area (Å²) in [4.78, 5) is 14.4. The molecule has 0 saturated carbocycles. The average molecular weight is 349 g/mol. The van der Waals surface area contributed by atoms with Crippen LogP contribution in [0.4, 0.5) is 5.69 Å². The fourth-order valence-corrected chi connectivity index (χ4v) is 3.15. The number of carbonyl (C=O) groups excluding carboxylic acids is 1. The van der Waals surface area contributed by atoms with E-state index in [0.717, 1.165) is 42.7 Å². The van der Waals surface area contributed by atoms with Gasteiger partial charge in [-0.05, 0) is 62.6 Å². The van der Waals surface area contributed by atoms with Crippen LogP contribution in [0, 0.1) is 13.8 Å². The Morgan fingerprint density at radius 2 is 2.00 bits per heavy atom. The summed E-state index contributed by atoms with van der Waals surface area (Å²) in [5, 5.41) is 7.89. The number of hydrogen-bond acceptors (Lipinski definition) is 3. The molecule has 0 aliphatic carbocycles. The second kappa shape index (κ2) is 7.81. The number of nitrogens with zero attached hydrogens (tertiary/aromatic N) is 3. The minimum absolute atomic E-state index is 0. The summed E-state index contributed by atoms with van der Waals surface area (Å²) in [5.74, 6) is -0.0717. The number of benzene rings is 1. The van der Waals surface area contributed by atoms with Crippen LogP contribution in [0.2, 0.25) is 0 Å². The van der Waals surface area contributed by atoms with E-state index in [1.807, 2.05) is 42.9 Å². The summed E-state index contributed by atoms with van der Waals surface area (Å²) in [6.45, 7) is 6.07. The fraction of sp³-hybridized carbons (Fsp3) is 0.444. The molecule has 1 N–H and O–H groups in total. The Labute approximate surface area is 149 Å². The van der Waals surface area contributed by atoms with Crippen molar-refractivity contribution in [1.29, 1.82) is 0 Å². The summed E-state index contributed by atoms with van der Waals surface area (Å²) in [7, 11) is 1.80. The number of hydrogen-bond donors (Lipinski definition) is 1. The predicted molar refractivity (Wildman–Crippen MR) is 99.3 cm³/mol. The lowest BCUT2D eigenvalue weighted by atomic mass is 10.1. The van der Waals surface area contributed by atoms with Crippen molar-refractivity contribution in [2.75, 3.05) is 25.0 Å². The zero-order chi connectivity index (χ0) is 16.4. The van der Waals surface area contributed by atoms with E-state index in [-0.39, 0.29) is 18.3 Å². The van der Waals surface area contributed by atoms with E-state index in [9.17, 15) is 4.79 Å². The molecule has 1 unspecified atom stereocenters. The highest BCUT2D eigenvalue weighted by Gasteiger charge is 2.20. The Bertz CT molecular complexity index is 687. The van der Waals surface area contributed by atoms with Gasteiger partial charge in [-0.2, -0.15) is 5.10 Å². The van der Waals surface area contributed by atoms with Gasteiger partial charge >= 0.3 is 0 Å². The minimum atomic E-state index is -0.0717. The number of carbonyl (C=O) groups is 1. The molecule has 130 valence electrons. The fourth-order valence-electron chi connectivity index (χ4n) is 3.15. The summed E-state index contributed by atoms with van der Waals surface area (Å²) in [5.41, 5.74) is 3.70. The van der Waals surface area contributed by atoms with E-state index in [2.05, 4.69) is 16.5 Å². The third kappa shape index (κ3) is 3.97. The molecule has 0 spiro atoms. The standard InChI is InChI=1S/C18H24N4O.ClH/c1-13-9-14(2)11-16(10-13)21(3)18(23)17-6-8-22(20-17)15-5-4-7-19-12-15;/h6,8-11,15,19H,4-5,7,12H2,1-3H3;1H. The molecule has 1 aliphatic rings. The quantitative estimate of drug-likeness (QED) is 0.927. The van der Waals surface area contributed by atoms with Crippen molar-refractivity contribution in [3.63, 3.8) is 0 Å². The van der Waals surface area contributed by atoms with Gasteiger partial charge < -0.3 is 10.2 Å². The van der Waals surface area contributed by atoms with Crippen LogP contribution in [0.1, 0.15) is 40.5 Å². The molecule has 24 heavy (non-hydrogen) atoms. The number of aromatic nitrogens is 2. The van der Waals surface area contributed by atoms with Crippen LogP contribution in [-0.4, -0.2) is 35.8 Å². The zero-order valence-corrected chi connectivity index (χ0v) is 15.3. The topological polar surface area (TPSA) is 50.2 Å². The molecule has 1 amide bonds. The lowest BCUT2D eigenvalue weighted by molar-refractivity contribution is 0.0987. The van der Waals surface area contributed by atoms with Crippen molar-refractivity contribution in [1.82, 2.24) is 15.1 Å². The molecule has 1 aromatic heterocycles. The number of nitrogens with one attached hydrogen (secondary N) is 1. The number of piperidine rings is 1. The summed E-state index contributed by atoms with van der Waals surface area (Å²) in [6.07, 6.45) is 4.17. The average Bonchev–Trinajstić information content (AvgIpc) is 3.03. The molecule has 1 aliphatic heterocycles. The normalized spacial score (nSPS) is 17.2. The van der Waals surface area contributed by atoms with Crippen LogP contribution in [0.25, 0.3) is 0 Å². The Morgan fingerprint density at radius 3 is 2.62 bits per heavy atom. The van der Waals surface area contributed by atoms with Gasteiger partial charge in [-0.1, -0.05) is 6.07 Å². The second-order valence-corrected chi connectivity index (χ2v) is 6.39. The molecule has 0 radical (unpaired) electrons. The highest BCUT2D eigenvalue weighted by molar-refractivity contribution is 6.04. The Morgan fingerprint density at radius 1 is 1.29 bits per heavy atom. The summed E-state index contributed by atoms with van der Waals surface area (Å²) < 4.78 is 1.93. The number of halogens is 1. The van der Waals surface area contributed by atoms with E-state index in [0.29, 0.717) is 11.7 Å². The molecular formula is C18H25ClN4O. The summed E-state index contributed by atoms with van der Waals surface area (Å²) >= 11 is 0. The first-order valence-electron chi connectivity index (χ1n) is 8.17. The van der Waals surface area contributed by atoms with Gasteiger partial charge in [-0.15, -0.1) is 12.4 Å². The molecule has 1 saturated heterocycles. The number of aryl methyl sites for hydroxylation is 2. The van der Waals surface area contributed by atoms with Crippen LogP contribution < -0.4 is 10.2 Å². The molecule has 6 heteroatoms. The number of rotatable bonds is 3. The highest BCUT2D eigenvalue weighted by atomic mass is 35.5. The van der Waals surface area contributed by atoms with Gasteiger partial charge in [0, 0.05) is 25.5 Å². The largest absolute Gasteiger partial charge is 0.315 e. The van der Waals surface area contributed by atoms with Gasteiger partial charge in [-0.3, -0.25) is 9.48 Å². The second-order valence-electron chi connectivity index (χ2n) is 6.39. The van der Waals surface area contributed by atoms with Crippen LogP contribution in [-0.2, 0) is 0 Å². The van der Waals surface area contributed by atoms with E-state index in [1.54, 1.807) is 11.9 Å². The van der Waals surface area contributed by atoms with Crippen LogP contribution >= 0.6 is 12.4 Å². The van der Waals surface area contributed by atoms with Gasteiger partial charge in [0.15, 0.2) is 5.69 Å². The van der Waals surface area contributed by atoms with E-state index in [4.69, 9.17) is 0 Å². The molecule has 3 rings (SSSR count). The maximum Gasteiger partial charge on any atom is 0.278 e. The Hall–Kier alpha value is -1.85. The molecular weight excluding hydrogens is 324 g/mol. The molecule has 2 heterocycles. The first-order valence-corrected chi connectivity index (χ1v) is 8.17. The van der Waals surface area contributed by atoms with Crippen molar-refractivity contribution >= 4 is 24.0 Å². The number of anilines is 1. The first-order chi connectivity index (χ1) is 11.0. The van der Waals surface area contributed by atoms with Crippen LogP contribution in [0.15, 0.2) is 30.5 Å². The van der Waals surface area contributed by atoms with Crippen LogP contribution in [0.3, 0.4) is 0 Å². The van der Waals surface area contributed by atoms with Gasteiger partial charge in [0.2, 0.25) is 0 Å². The molecule has 1 fully saturated rings. The highest BCUT2D eigenvalue weighted by Crippen LogP contribution is 2.20. The molecule has 1 atom stereocenters. The van der Waals surface area contributed by atoms with E-state index >= 15 is 0 Å². The maximum absolute atomic E-state index is 12.7. The van der Waals surface area contributed by atoms with E-state index < -0.39 is 0 Å². The smallest absolute Gasteiger partial charge is 0.278 e. The monoisotopic (exact) mass is 348 g/mol. The third-order valence-electron chi connectivity index (χ3n) is 4.37. The third-order valence-corrected chi connectivity index (χ3v) is 4.37. The lowest BCUT2D eigenvalue weighted by Gasteiger charge is -2.23. The van der Waals surface area contributed by atoms with Crippen molar-refractivity contribution < 1.29 is 4.79 Å². The van der Waals surface area contributed by atoms with Gasteiger partial charge in [0.1, 0.15) is 0 Å². The first kappa shape index (κ1) is 18.5. The Balaban J connectivity index is 0.00000208. The predicted octanol–water partition coefficient (Wildman–Crippen LogP) is 3.12. The zero-order valence-electron chi connectivity index (χ0n) is 14.5. The lowest BCUT2D eigenvalue weighted by Crippen LogP contribution is -2.32. The van der Waals surface area contributed by atoms with Gasteiger partial charge in [0.25, 0.3) is 5.91 Å². The molecule has 1 aromatic carbocycles. The van der Waals surface area contributed by atoms with Crippen molar-refractivity contribution in [3.8, 4) is 0 Å². The summed E-state index contributed by atoms with van der Waals surface area (Å²) in [6, 6.07) is 8.31. The number of amides is 1. The van der Waals surface area contributed by atoms with Gasteiger partial charge in [-0.25, -0.2) is 0 Å². The van der Waals surface area contributed by atoms with Crippen molar-refractivity contribution in [2.24, 2.45) is 0 Å². The molecule has 2 aromatic rings. The van der Waals surface area contributed by atoms with Gasteiger partial charge in [0.05, 0.1) is 6.04 Å². The van der Waals surface area contributed by atoms with Crippen LogP contribution in [0.5, 0.6) is 0 Å². The molecule has 0 bridgehead atoms. The van der Waals surface area contributed by atoms with Crippen molar-refractivity contribution in [3.05, 3.63) is 47.3 Å². The van der Waals surface area contributed by atoms with E-state index in [1.165, 1.54) is 0 Å². The SMILES string of the molecule is Cc1cc(C)cc(N(C)C(=O)c2ccn(C3CCCNC3)n2)c1.Cl.